The largest absolute Gasteiger partial charge is 0.480 e. The van der Waals surface area contributed by atoms with E-state index in [-0.39, 0.29) is 6.42 Å². The molecule has 0 saturated heterocycles. The average Bonchev–Trinajstić information content (AvgIpc) is 2.41. The van der Waals surface area contributed by atoms with Crippen molar-refractivity contribution < 1.29 is 27.9 Å². The minimum atomic E-state index is -4.39. The first-order chi connectivity index (χ1) is 9.74. The predicted octanol–water partition coefficient (Wildman–Crippen LogP) is 2.47. The zero-order valence-corrected chi connectivity index (χ0v) is 11.4. The number of amides is 1. The Hall–Kier alpha value is -2.05. The van der Waals surface area contributed by atoms with Crippen LogP contribution in [0.4, 0.5) is 13.2 Å². The van der Waals surface area contributed by atoms with Crippen LogP contribution in [-0.2, 0) is 22.2 Å². The number of hydrogen-bond donors (Lipinski definition) is 2. The Morgan fingerprint density at radius 1 is 1.24 bits per heavy atom. The summed E-state index contributed by atoms with van der Waals surface area (Å²) in [5.74, 6) is -2.03. The number of aliphatic carboxylic acids is 1. The van der Waals surface area contributed by atoms with E-state index in [9.17, 15) is 22.8 Å². The number of rotatable bonds is 6. The smallest absolute Gasteiger partial charge is 0.416 e. The summed E-state index contributed by atoms with van der Waals surface area (Å²) >= 11 is 0. The number of halogens is 3. The Morgan fingerprint density at radius 2 is 1.81 bits per heavy atom. The molecule has 0 heterocycles. The van der Waals surface area contributed by atoms with Gasteiger partial charge in [0, 0.05) is 5.92 Å². The normalized spacial score (nSPS) is 12.8. The van der Waals surface area contributed by atoms with E-state index in [1.165, 1.54) is 12.1 Å². The number of alkyl halides is 3. The summed E-state index contributed by atoms with van der Waals surface area (Å²) in [5, 5.41) is 10.8. The van der Waals surface area contributed by atoms with E-state index in [0.29, 0.717) is 12.0 Å². The van der Waals surface area contributed by atoms with Crippen molar-refractivity contribution in [2.75, 3.05) is 6.54 Å². The lowest BCUT2D eigenvalue weighted by Gasteiger charge is -2.15. The molecule has 0 radical (unpaired) electrons. The van der Waals surface area contributed by atoms with Gasteiger partial charge in [0.25, 0.3) is 0 Å². The minimum absolute atomic E-state index is 0.264. The van der Waals surface area contributed by atoms with Gasteiger partial charge in [0.15, 0.2) is 0 Å². The fraction of sp³-hybridized carbons (Fsp3) is 0.429. The molecule has 0 aliphatic rings. The topological polar surface area (TPSA) is 66.4 Å². The summed E-state index contributed by atoms with van der Waals surface area (Å²) in [7, 11) is 0. The van der Waals surface area contributed by atoms with Crippen LogP contribution in [0.25, 0.3) is 0 Å². The van der Waals surface area contributed by atoms with Gasteiger partial charge in [-0.2, -0.15) is 13.2 Å². The number of nitrogens with one attached hydrogen (secondary N) is 1. The van der Waals surface area contributed by atoms with Gasteiger partial charge >= 0.3 is 12.1 Å². The van der Waals surface area contributed by atoms with Crippen molar-refractivity contribution in [3.8, 4) is 0 Å². The van der Waals surface area contributed by atoms with Crippen LogP contribution in [0, 0.1) is 5.92 Å². The Morgan fingerprint density at radius 3 is 2.24 bits per heavy atom. The van der Waals surface area contributed by atoms with Gasteiger partial charge in [-0.05, 0) is 30.5 Å². The monoisotopic (exact) mass is 303 g/mol. The highest BCUT2D eigenvalue weighted by atomic mass is 19.4. The number of benzene rings is 1. The fourth-order valence-corrected chi connectivity index (χ4v) is 1.84. The first-order valence-electron chi connectivity index (χ1n) is 6.39. The first kappa shape index (κ1) is 17.0. The van der Waals surface area contributed by atoms with Gasteiger partial charge in [-0.25, -0.2) is 0 Å². The minimum Gasteiger partial charge on any atom is -0.480 e. The molecule has 0 saturated carbocycles. The molecule has 0 aliphatic carbocycles. The molecule has 116 valence electrons. The molecule has 4 nitrogen and oxygen atoms in total. The highest BCUT2D eigenvalue weighted by molar-refractivity contribution is 5.83. The molecule has 1 aromatic carbocycles. The van der Waals surface area contributed by atoms with Crippen LogP contribution < -0.4 is 5.32 Å². The molecular weight excluding hydrogens is 287 g/mol. The third kappa shape index (κ3) is 5.45. The average molecular weight is 303 g/mol. The lowest BCUT2D eigenvalue weighted by Crippen LogP contribution is -2.35. The summed E-state index contributed by atoms with van der Waals surface area (Å²) in [5.41, 5.74) is -0.144. The van der Waals surface area contributed by atoms with Crippen molar-refractivity contribution in [2.24, 2.45) is 5.92 Å². The lowest BCUT2D eigenvalue weighted by molar-refractivity contribution is -0.138. The highest BCUT2D eigenvalue weighted by Crippen LogP contribution is 2.29. The third-order valence-electron chi connectivity index (χ3n) is 3.04. The number of hydrogen-bond acceptors (Lipinski definition) is 2. The van der Waals surface area contributed by atoms with Crippen LogP contribution >= 0.6 is 0 Å². The predicted molar refractivity (Wildman–Crippen MR) is 69.6 cm³/mol. The van der Waals surface area contributed by atoms with Gasteiger partial charge in [0.2, 0.25) is 5.91 Å². The van der Waals surface area contributed by atoms with E-state index < -0.39 is 36.1 Å². The van der Waals surface area contributed by atoms with Gasteiger partial charge in [-0.15, -0.1) is 0 Å². The number of carbonyl (C=O) groups excluding carboxylic acids is 1. The van der Waals surface area contributed by atoms with Crippen molar-refractivity contribution in [3.05, 3.63) is 35.4 Å². The molecule has 1 amide bonds. The van der Waals surface area contributed by atoms with Crippen LogP contribution in [-0.4, -0.2) is 23.5 Å². The molecule has 0 aromatic heterocycles. The van der Waals surface area contributed by atoms with Crippen LogP contribution in [0.15, 0.2) is 24.3 Å². The van der Waals surface area contributed by atoms with E-state index in [4.69, 9.17) is 5.11 Å². The summed E-state index contributed by atoms with van der Waals surface area (Å²) in [6, 6.07) is 4.60. The van der Waals surface area contributed by atoms with E-state index in [1.54, 1.807) is 6.92 Å². The molecule has 0 fully saturated rings. The zero-order chi connectivity index (χ0) is 16.0. The second-order valence-electron chi connectivity index (χ2n) is 4.62. The molecule has 7 heteroatoms. The molecule has 2 N–H and O–H groups in total. The molecular formula is C14H16F3NO3. The maximum absolute atomic E-state index is 12.4. The molecule has 21 heavy (non-hydrogen) atoms. The zero-order valence-electron chi connectivity index (χ0n) is 11.4. The Kier molecular flexibility index (Phi) is 5.75. The maximum atomic E-state index is 12.4. The van der Waals surface area contributed by atoms with Crippen LogP contribution in [0.1, 0.15) is 24.5 Å². The maximum Gasteiger partial charge on any atom is 0.416 e. The van der Waals surface area contributed by atoms with E-state index in [2.05, 4.69) is 5.32 Å². The Balaban J connectivity index is 2.69. The second kappa shape index (κ2) is 7.10. The fourth-order valence-electron chi connectivity index (χ4n) is 1.84. The summed E-state index contributed by atoms with van der Waals surface area (Å²) in [4.78, 5) is 22.1. The number of carboxylic acid groups (broad SMARTS) is 1. The number of carboxylic acids is 1. The molecule has 0 spiro atoms. The van der Waals surface area contributed by atoms with E-state index >= 15 is 0 Å². The standard InChI is InChI=1S/C14H16F3NO3/c1-2-10(13(21)18-8-12(19)20)7-9-3-5-11(6-4-9)14(15,16)17/h3-6,10H,2,7-8H2,1H3,(H,18,21)(H,19,20). The van der Waals surface area contributed by atoms with Gasteiger partial charge < -0.3 is 10.4 Å². The van der Waals surface area contributed by atoms with Crippen molar-refractivity contribution in [1.29, 1.82) is 0 Å². The quantitative estimate of drug-likeness (QED) is 0.848. The van der Waals surface area contributed by atoms with Crippen LogP contribution in [0.5, 0.6) is 0 Å². The molecule has 1 aromatic rings. The van der Waals surface area contributed by atoms with Crippen molar-refractivity contribution in [2.45, 2.75) is 25.9 Å². The van der Waals surface area contributed by atoms with Gasteiger partial charge in [-0.1, -0.05) is 19.1 Å². The number of carbonyl (C=O) groups is 2. The van der Waals surface area contributed by atoms with Crippen LogP contribution in [0.2, 0.25) is 0 Å². The highest BCUT2D eigenvalue weighted by Gasteiger charge is 2.30. The molecule has 1 atom stereocenters. The van der Waals surface area contributed by atoms with Crippen molar-refractivity contribution >= 4 is 11.9 Å². The van der Waals surface area contributed by atoms with Crippen LogP contribution in [0.3, 0.4) is 0 Å². The molecule has 1 unspecified atom stereocenters. The van der Waals surface area contributed by atoms with Gasteiger partial charge in [0.05, 0.1) is 5.56 Å². The summed E-state index contributed by atoms with van der Waals surface area (Å²) < 4.78 is 37.3. The lowest BCUT2D eigenvalue weighted by atomic mass is 9.95. The van der Waals surface area contributed by atoms with Crippen molar-refractivity contribution in [1.82, 2.24) is 5.32 Å². The molecule has 0 aliphatic heterocycles. The molecule has 0 bridgehead atoms. The third-order valence-corrected chi connectivity index (χ3v) is 3.04. The Bertz CT molecular complexity index is 497. The first-order valence-corrected chi connectivity index (χ1v) is 6.39. The summed E-state index contributed by atoms with van der Waals surface area (Å²) in [6.07, 6.45) is -3.66. The second-order valence-corrected chi connectivity index (χ2v) is 4.62. The van der Waals surface area contributed by atoms with E-state index in [0.717, 1.165) is 12.1 Å². The van der Waals surface area contributed by atoms with E-state index in [1.807, 2.05) is 0 Å². The molecule has 1 rings (SSSR count). The Labute approximate surface area is 120 Å². The van der Waals surface area contributed by atoms with Crippen molar-refractivity contribution in [3.63, 3.8) is 0 Å². The summed E-state index contributed by atoms with van der Waals surface area (Å²) in [6.45, 7) is 1.29. The SMILES string of the molecule is CCC(Cc1ccc(C(F)(F)F)cc1)C(=O)NCC(=O)O. The van der Waals surface area contributed by atoms with Gasteiger partial charge in [0.1, 0.15) is 6.54 Å². The van der Waals surface area contributed by atoms with Gasteiger partial charge in [-0.3, -0.25) is 9.59 Å².